The van der Waals surface area contributed by atoms with Gasteiger partial charge in [0.25, 0.3) is 5.91 Å². The van der Waals surface area contributed by atoms with E-state index in [1.807, 2.05) is 25.1 Å². The Morgan fingerprint density at radius 3 is 2.44 bits per heavy atom. The predicted octanol–water partition coefficient (Wildman–Crippen LogP) is 3.92. The lowest BCUT2D eigenvalue weighted by Gasteiger charge is -2.12. The first kappa shape index (κ1) is 26.9. The number of ether oxygens (including phenoxy) is 3. The van der Waals surface area contributed by atoms with Crippen LogP contribution >= 0.6 is 22.9 Å². The summed E-state index contributed by atoms with van der Waals surface area (Å²) in [5, 5.41) is 19.1. The zero-order valence-corrected chi connectivity index (χ0v) is 21.8. The van der Waals surface area contributed by atoms with Crippen LogP contribution in [0.25, 0.3) is 6.08 Å². The quantitative estimate of drug-likeness (QED) is 0.173. The summed E-state index contributed by atoms with van der Waals surface area (Å²) in [6.07, 6.45) is 2.31. The number of anilines is 1. The van der Waals surface area contributed by atoms with Crippen LogP contribution in [0.3, 0.4) is 0 Å². The third-order valence-electron chi connectivity index (χ3n) is 4.49. The summed E-state index contributed by atoms with van der Waals surface area (Å²) in [4.78, 5) is 12.4. The van der Waals surface area contributed by atoms with Crippen LogP contribution < -0.4 is 19.5 Å². The summed E-state index contributed by atoms with van der Waals surface area (Å²) >= 11 is 6.98. The molecule has 0 bridgehead atoms. The van der Waals surface area contributed by atoms with Gasteiger partial charge in [0, 0.05) is 6.26 Å². The van der Waals surface area contributed by atoms with E-state index < -0.39 is 15.7 Å². The highest BCUT2D eigenvalue weighted by Crippen LogP contribution is 2.29. The molecule has 3 aromatic rings. The van der Waals surface area contributed by atoms with Crippen molar-refractivity contribution in [1.82, 2.24) is 10.2 Å². The summed E-state index contributed by atoms with van der Waals surface area (Å²) in [6.45, 7) is 2.43. The Morgan fingerprint density at radius 2 is 1.83 bits per heavy atom. The molecule has 1 aromatic heterocycles. The molecule has 36 heavy (non-hydrogen) atoms. The zero-order valence-electron chi connectivity index (χ0n) is 19.4. The van der Waals surface area contributed by atoms with E-state index in [9.17, 15) is 18.5 Å². The number of methoxy groups -OCH3 is 1. The highest BCUT2D eigenvalue weighted by molar-refractivity contribution is 7.92. The summed E-state index contributed by atoms with van der Waals surface area (Å²) in [5.74, 6) is 0.859. The second-order valence-electron chi connectivity index (χ2n) is 7.31. The third-order valence-corrected chi connectivity index (χ3v) is 7.30. The molecule has 3 rings (SSSR count). The van der Waals surface area contributed by atoms with Gasteiger partial charge in [0.05, 0.1) is 12.1 Å². The molecule has 13 heteroatoms. The first-order valence-electron chi connectivity index (χ1n) is 10.3. The molecule has 0 unspecified atom stereocenters. The lowest BCUT2D eigenvalue weighted by atomic mass is 10.1. The average molecular weight is 549 g/mol. The molecular weight excluding hydrogens is 528 g/mol. The molecule has 188 valence electrons. The second kappa shape index (κ2) is 11.9. The van der Waals surface area contributed by atoms with Gasteiger partial charge in [-0.05, 0) is 48.4 Å². The van der Waals surface area contributed by atoms with E-state index in [0.29, 0.717) is 34.1 Å². The van der Waals surface area contributed by atoms with E-state index in [0.717, 1.165) is 11.8 Å². The molecule has 0 aliphatic carbocycles. The number of benzene rings is 2. The maximum absolute atomic E-state index is 12.4. The Hall–Kier alpha value is -3.66. The van der Waals surface area contributed by atoms with Gasteiger partial charge < -0.3 is 14.2 Å². The monoisotopic (exact) mass is 548 g/mol. The molecule has 0 aliphatic heterocycles. The number of nitriles is 1. The second-order valence-corrected chi connectivity index (χ2v) is 10.9. The van der Waals surface area contributed by atoms with Crippen LogP contribution in [-0.2, 0) is 14.6 Å². The van der Waals surface area contributed by atoms with Gasteiger partial charge in [0.2, 0.25) is 19.3 Å². The number of nitrogens with zero attached hydrogens (tertiary/aromatic N) is 3. The molecule has 1 amide bonds. The number of halogens is 1. The van der Waals surface area contributed by atoms with Crippen LogP contribution in [0.2, 0.25) is 5.02 Å². The van der Waals surface area contributed by atoms with Crippen molar-refractivity contribution in [2.24, 2.45) is 0 Å². The number of amides is 1. The topological polar surface area (TPSA) is 140 Å². The number of hydrogen-bond acceptors (Lipinski definition) is 10. The van der Waals surface area contributed by atoms with Gasteiger partial charge in [-0.3, -0.25) is 10.1 Å². The lowest BCUT2D eigenvalue weighted by molar-refractivity contribution is -0.112. The third kappa shape index (κ3) is 7.17. The van der Waals surface area contributed by atoms with Crippen LogP contribution in [0.5, 0.6) is 17.2 Å². The minimum absolute atomic E-state index is 0.0474. The average Bonchev–Trinajstić information content (AvgIpc) is 3.31. The highest BCUT2D eigenvalue weighted by Gasteiger charge is 2.17. The standard InChI is InChI=1S/C23H21ClN4O6S2/c1-14-4-6-19(20(10-14)32-2)34-9-8-33-18-7-5-15(12-17(18)24)11-16(13-25)21(29)26-22-27-28-23(35-22)36(3,30)31/h4-7,10-12H,8-9H2,1-3H3,(H,26,27,29)/b16-11-. The summed E-state index contributed by atoms with van der Waals surface area (Å²) < 4.78 is 39.4. The van der Waals surface area contributed by atoms with Crippen LogP contribution in [0.15, 0.2) is 46.3 Å². The van der Waals surface area contributed by atoms with Crippen molar-refractivity contribution < 1.29 is 27.4 Å². The molecule has 0 saturated heterocycles. The van der Waals surface area contributed by atoms with E-state index in [1.54, 1.807) is 25.3 Å². The number of sulfone groups is 1. The van der Waals surface area contributed by atoms with E-state index in [2.05, 4.69) is 15.5 Å². The highest BCUT2D eigenvalue weighted by atomic mass is 35.5. The molecule has 0 fully saturated rings. The maximum Gasteiger partial charge on any atom is 0.268 e. The Bertz CT molecular complexity index is 1450. The molecule has 10 nitrogen and oxygen atoms in total. The molecule has 0 atom stereocenters. The van der Waals surface area contributed by atoms with Crippen molar-refractivity contribution in [3.63, 3.8) is 0 Å². The van der Waals surface area contributed by atoms with E-state index in [4.69, 9.17) is 25.8 Å². The van der Waals surface area contributed by atoms with E-state index in [-0.39, 0.29) is 33.3 Å². The summed E-state index contributed by atoms with van der Waals surface area (Å²) in [6, 6.07) is 12.2. The Morgan fingerprint density at radius 1 is 1.14 bits per heavy atom. The fourth-order valence-corrected chi connectivity index (χ4v) is 4.56. The van der Waals surface area contributed by atoms with Crippen molar-refractivity contribution in [1.29, 1.82) is 5.26 Å². The number of aryl methyl sites for hydroxylation is 1. The largest absolute Gasteiger partial charge is 0.493 e. The van der Waals surface area contributed by atoms with Gasteiger partial charge in [-0.2, -0.15) is 5.26 Å². The fourth-order valence-electron chi connectivity index (χ4n) is 2.81. The fraction of sp³-hybridized carbons (Fsp3) is 0.217. The number of hydrogen-bond donors (Lipinski definition) is 1. The van der Waals surface area contributed by atoms with Crippen molar-refractivity contribution in [3.8, 4) is 23.3 Å². The Balaban J connectivity index is 1.60. The van der Waals surface area contributed by atoms with Crippen molar-refractivity contribution >= 4 is 49.9 Å². The SMILES string of the molecule is COc1cc(C)ccc1OCCOc1ccc(/C=C(/C#N)C(=O)Nc2nnc(S(C)(=O)=O)s2)cc1Cl. The van der Waals surface area contributed by atoms with Gasteiger partial charge in [0.15, 0.2) is 11.5 Å². The molecule has 0 aliphatic rings. The lowest BCUT2D eigenvalue weighted by Crippen LogP contribution is -2.13. The van der Waals surface area contributed by atoms with Crippen LogP contribution in [0, 0.1) is 18.3 Å². The molecule has 0 saturated carbocycles. The Kier molecular flexibility index (Phi) is 8.87. The van der Waals surface area contributed by atoms with Crippen LogP contribution in [0.4, 0.5) is 5.13 Å². The van der Waals surface area contributed by atoms with Crippen LogP contribution in [-0.4, -0.2) is 51.1 Å². The summed E-state index contributed by atoms with van der Waals surface area (Å²) in [7, 11) is -1.98. The Labute approximate surface area is 217 Å². The number of rotatable bonds is 10. The van der Waals surface area contributed by atoms with Crippen molar-refractivity contribution in [2.45, 2.75) is 11.3 Å². The number of nitrogens with one attached hydrogen (secondary N) is 1. The molecular formula is C23H21ClN4O6S2. The minimum Gasteiger partial charge on any atom is -0.493 e. The molecule has 1 heterocycles. The van der Waals surface area contributed by atoms with Crippen LogP contribution in [0.1, 0.15) is 11.1 Å². The first-order valence-corrected chi connectivity index (χ1v) is 13.4. The van der Waals surface area contributed by atoms with Gasteiger partial charge >= 0.3 is 0 Å². The number of carbonyl (C=O) groups excluding carboxylic acids is 1. The normalized spacial score (nSPS) is 11.5. The van der Waals surface area contributed by atoms with Gasteiger partial charge in [0.1, 0.15) is 30.6 Å². The van der Waals surface area contributed by atoms with Gasteiger partial charge in [-0.25, -0.2) is 8.42 Å². The van der Waals surface area contributed by atoms with Crippen molar-refractivity contribution in [3.05, 3.63) is 58.1 Å². The van der Waals surface area contributed by atoms with E-state index >= 15 is 0 Å². The predicted molar refractivity (Wildman–Crippen MR) is 135 cm³/mol. The van der Waals surface area contributed by atoms with Gasteiger partial charge in [-0.1, -0.05) is 35.1 Å². The number of carbonyl (C=O) groups is 1. The van der Waals surface area contributed by atoms with E-state index in [1.165, 1.54) is 12.1 Å². The minimum atomic E-state index is -3.55. The first-order chi connectivity index (χ1) is 17.1. The molecule has 0 radical (unpaired) electrons. The maximum atomic E-state index is 12.4. The number of aromatic nitrogens is 2. The van der Waals surface area contributed by atoms with Gasteiger partial charge in [-0.15, -0.1) is 10.2 Å². The molecule has 1 N–H and O–H groups in total. The smallest absolute Gasteiger partial charge is 0.268 e. The molecule has 2 aromatic carbocycles. The summed E-state index contributed by atoms with van der Waals surface area (Å²) in [5.41, 5.74) is 1.29. The zero-order chi connectivity index (χ0) is 26.3. The van der Waals surface area contributed by atoms with Crippen molar-refractivity contribution in [2.75, 3.05) is 31.9 Å². The molecule has 0 spiro atoms.